The highest BCUT2D eigenvalue weighted by molar-refractivity contribution is 5.98. The molecule has 5 heteroatoms. The summed E-state index contributed by atoms with van der Waals surface area (Å²) in [5.74, 6) is 0.164. The van der Waals surface area contributed by atoms with Gasteiger partial charge in [-0.1, -0.05) is 12.1 Å². The third kappa shape index (κ3) is 3.24. The van der Waals surface area contributed by atoms with E-state index in [2.05, 4.69) is 10.3 Å². The summed E-state index contributed by atoms with van der Waals surface area (Å²) in [4.78, 5) is 16.8. The number of pyridine rings is 1. The van der Waals surface area contributed by atoms with Gasteiger partial charge in [-0.05, 0) is 43.7 Å². The summed E-state index contributed by atoms with van der Waals surface area (Å²) in [7, 11) is 0. The number of hydrogen-bond acceptors (Lipinski definition) is 4. The minimum atomic E-state index is -0.870. The molecule has 0 saturated heterocycles. The SMILES string of the molecule is Cc1ccc2cc(C(=O)NCC(O)c3ccco3)c(C)nc2c1. The number of furan rings is 1. The second-order valence-electron chi connectivity index (χ2n) is 5.56. The molecule has 0 saturated carbocycles. The van der Waals surface area contributed by atoms with Crippen molar-refractivity contribution in [1.29, 1.82) is 0 Å². The van der Waals surface area contributed by atoms with Gasteiger partial charge in [0, 0.05) is 5.39 Å². The van der Waals surface area contributed by atoms with Crippen molar-refractivity contribution in [2.75, 3.05) is 6.54 Å². The zero-order valence-corrected chi connectivity index (χ0v) is 13.0. The molecule has 2 N–H and O–H groups in total. The number of aryl methyl sites for hydroxylation is 2. The second-order valence-corrected chi connectivity index (χ2v) is 5.56. The van der Waals surface area contributed by atoms with E-state index in [0.29, 0.717) is 17.0 Å². The van der Waals surface area contributed by atoms with Crippen LogP contribution in [0, 0.1) is 13.8 Å². The Morgan fingerprint density at radius 3 is 2.87 bits per heavy atom. The summed E-state index contributed by atoms with van der Waals surface area (Å²) in [6.45, 7) is 3.89. The number of nitrogens with one attached hydrogen (secondary N) is 1. The summed E-state index contributed by atoms with van der Waals surface area (Å²) in [5.41, 5.74) is 3.17. The Kier molecular flexibility index (Phi) is 4.12. The molecule has 0 aliphatic carbocycles. The molecule has 1 unspecified atom stereocenters. The van der Waals surface area contributed by atoms with Crippen molar-refractivity contribution in [3.05, 3.63) is 65.2 Å². The van der Waals surface area contributed by atoms with Gasteiger partial charge in [-0.3, -0.25) is 9.78 Å². The first-order valence-corrected chi connectivity index (χ1v) is 7.42. The van der Waals surface area contributed by atoms with Crippen LogP contribution in [0.1, 0.15) is 33.5 Å². The highest BCUT2D eigenvalue weighted by Crippen LogP contribution is 2.18. The fraction of sp³-hybridized carbons (Fsp3) is 0.222. The topological polar surface area (TPSA) is 75.4 Å². The van der Waals surface area contributed by atoms with E-state index in [-0.39, 0.29) is 12.5 Å². The average molecular weight is 310 g/mol. The molecule has 0 aliphatic heterocycles. The number of benzene rings is 1. The van der Waals surface area contributed by atoms with E-state index in [4.69, 9.17) is 4.42 Å². The predicted molar refractivity (Wildman–Crippen MR) is 87.2 cm³/mol. The average Bonchev–Trinajstić information content (AvgIpc) is 3.06. The van der Waals surface area contributed by atoms with E-state index in [1.54, 1.807) is 19.1 Å². The van der Waals surface area contributed by atoms with Crippen LogP contribution in [-0.4, -0.2) is 22.5 Å². The zero-order chi connectivity index (χ0) is 16.4. The van der Waals surface area contributed by atoms with Gasteiger partial charge in [-0.15, -0.1) is 0 Å². The molecular weight excluding hydrogens is 292 g/mol. The summed E-state index contributed by atoms with van der Waals surface area (Å²) < 4.78 is 5.11. The molecule has 1 atom stereocenters. The van der Waals surface area contributed by atoms with Crippen molar-refractivity contribution in [3.8, 4) is 0 Å². The van der Waals surface area contributed by atoms with Gasteiger partial charge in [0.15, 0.2) is 0 Å². The smallest absolute Gasteiger partial charge is 0.253 e. The number of rotatable bonds is 4. The van der Waals surface area contributed by atoms with Crippen molar-refractivity contribution in [2.24, 2.45) is 0 Å². The fourth-order valence-electron chi connectivity index (χ4n) is 2.47. The van der Waals surface area contributed by atoms with Gasteiger partial charge < -0.3 is 14.8 Å². The highest BCUT2D eigenvalue weighted by atomic mass is 16.4. The van der Waals surface area contributed by atoms with Crippen LogP contribution in [0.25, 0.3) is 10.9 Å². The molecule has 1 amide bonds. The quantitative estimate of drug-likeness (QED) is 0.777. The predicted octanol–water partition coefficient (Wildman–Crippen LogP) is 2.91. The lowest BCUT2D eigenvalue weighted by Gasteiger charge is -2.11. The first-order chi connectivity index (χ1) is 11.0. The monoisotopic (exact) mass is 310 g/mol. The number of fused-ring (bicyclic) bond motifs is 1. The number of carbonyl (C=O) groups excluding carboxylic acids is 1. The molecule has 23 heavy (non-hydrogen) atoms. The van der Waals surface area contributed by atoms with Crippen LogP contribution in [0.3, 0.4) is 0 Å². The number of aromatic nitrogens is 1. The first-order valence-electron chi connectivity index (χ1n) is 7.42. The third-order valence-corrected chi connectivity index (χ3v) is 3.74. The summed E-state index contributed by atoms with van der Waals surface area (Å²) in [6, 6.07) is 11.1. The summed E-state index contributed by atoms with van der Waals surface area (Å²) in [6.07, 6.45) is 0.616. The summed E-state index contributed by atoms with van der Waals surface area (Å²) in [5, 5.41) is 13.6. The van der Waals surface area contributed by atoms with Crippen LogP contribution in [0.15, 0.2) is 47.1 Å². The van der Waals surface area contributed by atoms with Gasteiger partial charge in [-0.25, -0.2) is 0 Å². The van der Waals surface area contributed by atoms with E-state index in [1.165, 1.54) is 6.26 Å². The van der Waals surface area contributed by atoms with E-state index in [1.807, 2.05) is 31.2 Å². The van der Waals surface area contributed by atoms with Gasteiger partial charge >= 0.3 is 0 Å². The minimum Gasteiger partial charge on any atom is -0.467 e. The Bertz CT molecular complexity index is 841. The number of hydrogen-bond donors (Lipinski definition) is 2. The largest absolute Gasteiger partial charge is 0.467 e. The lowest BCUT2D eigenvalue weighted by molar-refractivity contribution is 0.0900. The van der Waals surface area contributed by atoms with Crippen LogP contribution in [-0.2, 0) is 0 Å². The molecule has 0 radical (unpaired) electrons. The maximum absolute atomic E-state index is 12.4. The summed E-state index contributed by atoms with van der Waals surface area (Å²) >= 11 is 0. The first kappa shape index (κ1) is 15.2. The zero-order valence-electron chi connectivity index (χ0n) is 13.0. The molecule has 1 aromatic carbocycles. The number of nitrogens with zero attached hydrogens (tertiary/aromatic N) is 1. The van der Waals surface area contributed by atoms with Gasteiger partial charge in [0.05, 0.1) is 29.6 Å². The molecule has 0 bridgehead atoms. The molecule has 3 aromatic rings. The van der Waals surface area contributed by atoms with Crippen LogP contribution >= 0.6 is 0 Å². The maximum atomic E-state index is 12.4. The highest BCUT2D eigenvalue weighted by Gasteiger charge is 2.15. The number of aliphatic hydroxyl groups is 1. The van der Waals surface area contributed by atoms with E-state index >= 15 is 0 Å². The molecule has 0 aliphatic rings. The van der Waals surface area contributed by atoms with Crippen LogP contribution < -0.4 is 5.32 Å². The molecule has 0 spiro atoms. The van der Waals surface area contributed by atoms with Gasteiger partial charge in [0.2, 0.25) is 0 Å². The Labute approximate surface area is 134 Å². The van der Waals surface area contributed by atoms with Gasteiger partial charge in [0.1, 0.15) is 11.9 Å². The van der Waals surface area contributed by atoms with Crippen LogP contribution in [0.5, 0.6) is 0 Å². The van der Waals surface area contributed by atoms with Crippen molar-refractivity contribution < 1.29 is 14.3 Å². The van der Waals surface area contributed by atoms with Crippen molar-refractivity contribution in [2.45, 2.75) is 20.0 Å². The molecule has 2 heterocycles. The molecule has 2 aromatic heterocycles. The van der Waals surface area contributed by atoms with Crippen molar-refractivity contribution in [3.63, 3.8) is 0 Å². The van der Waals surface area contributed by atoms with Crippen LogP contribution in [0.2, 0.25) is 0 Å². The number of carbonyl (C=O) groups is 1. The molecule has 0 fully saturated rings. The Morgan fingerprint density at radius 2 is 2.13 bits per heavy atom. The molecular formula is C18H18N2O3. The number of aliphatic hydroxyl groups excluding tert-OH is 1. The normalized spacial score (nSPS) is 12.3. The van der Waals surface area contributed by atoms with Crippen molar-refractivity contribution >= 4 is 16.8 Å². The third-order valence-electron chi connectivity index (χ3n) is 3.74. The molecule has 3 rings (SSSR count). The minimum absolute atomic E-state index is 0.0811. The lowest BCUT2D eigenvalue weighted by atomic mass is 10.1. The maximum Gasteiger partial charge on any atom is 0.253 e. The van der Waals surface area contributed by atoms with E-state index in [9.17, 15) is 9.90 Å². The second kappa shape index (κ2) is 6.22. The standard InChI is InChI=1S/C18H18N2O3/c1-11-5-6-13-9-14(12(2)20-15(13)8-11)18(22)19-10-16(21)17-4-3-7-23-17/h3-9,16,21H,10H2,1-2H3,(H,19,22). The Balaban J connectivity index is 1.78. The lowest BCUT2D eigenvalue weighted by Crippen LogP contribution is -2.29. The molecule has 118 valence electrons. The van der Waals surface area contributed by atoms with Crippen LogP contribution in [0.4, 0.5) is 0 Å². The van der Waals surface area contributed by atoms with E-state index < -0.39 is 6.10 Å². The van der Waals surface area contributed by atoms with E-state index in [0.717, 1.165) is 16.5 Å². The fourth-order valence-corrected chi connectivity index (χ4v) is 2.47. The Hall–Kier alpha value is -2.66. The van der Waals surface area contributed by atoms with Crippen molar-refractivity contribution in [1.82, 2.24) is 10.3 Å². The molecule has 5 nitrogen and oxygen atoms in total. The number of amides is 1. The van der Waals surface area contributed by atoms with Gasteiger partial charge in [0.25, 0.3) is 5.91 Å². The Morgan fingerprint density at radius 1 is 1.30 bits per heavy atom. The van der Waals surface area contributed by atoms with Gasteiger partial charge in [-0.2, -0.15) is 0 Å².